The first-order valence-electron chi connectivity index (χ1n) is 6.02. The number of benzene rings is 1. The van der Waals surface area contributed by atoms with Crippen molar-refractivity contribution in [2.24, 2.45) is 0 Å². The van der Waals surface area contributed by atoms with Crippen LogP contribution in [0.3, 0.4) is 0 Å². The zero-order valence-corrected chi connectivity index (χ0v) is 11.6. The van der Waals surface area contributed by atoms with Crippen LogP contribution in [0.2, 0.25) is 5.02 Å². The number of amides is 2. The van der Waals surface area contributed by atoms with Crippen LogP contribution in [0, 0.1) is 0 Å². The summed E-state index contributed by atoms with van der Waals surface area (Å²) in [4.78, 5) is 26.3. The average molecular weight is 306 g/mol. The van der Waals surface area contributed by atoms with Crippen LogP contribution < -0.4 is 10.6 Å². The number of carbonyl (C=O) groups excluding carboxylic acids is 1. The van der Waals surface area contributed by atoms with Gasteiger partial charge in [0, 0.05) is 17.8 Å². The number of carboxylic acids is 1. The van der Waals surface area contributed by atoms with Crippen LogP contribution in [0.5, 0.6) is 0 Å². The van der Waals surface area contributed by atoms with E-state index in [1.807, 2.05) is 6.07 Å². The van der Waals surface area contributed by atoms with Gasteiger partial charge in [-0.1, -0.05) is 23.7 Å². The number of nitrogens with zero attached hydrogens (tertiary/aromatic N) is 1. The summed E-state index contributed by atoms with van der Waals surface area (Å²) in [6, 6.07) is 7.98. The number of carboxylic acid groups (broad SMARTS) is 1. The summed E-state index contributed by atoms with van der Waals surface area (Å²) in [6.07, 6.45) is 2.57. The number of aromatic nitrogens is 1. The molecular weight excluding hydrogens is 294 g/mol. The van der Waals surface area contributed by atoms with Crippen molar-refractivity contribution < 1.29 is 14.7 Å². The van der Waals surface area contributed by atoms with Crippen LogP contribution in [0.15, 0.2) is 42.7 Å². The third-order valence-electron chi connectivity index (χ3n) is 2.59. The highest BCUT2D eigenvalue weighted by atomic mass is 35.5. The predicted molar refractivity (Wildman–Crippen MR) is 78.5 cm³/mol. The lowest BCUT2D eigenvalue weighted by Crippen LogP contribution is -2.28. The Morgan fingerprint density at radius 2 is 2.05 bits per heavy atom. The third-order valence-corrected chi connectivity index (χ3v) is 2.82. The Bertz CT molecular complexity index is 676. The van der Waals surface area contributed by atoms with Crippen molar-refractivity contribution in [3.8, 4) is 0 Å². The van der Waals surface area contributed by atoms with E-state index in [9.17, 15) is 9.59 Å². The van der Waals surface area contributed by atoms with E-state index < -0.39 is 12.0 Å². The summed E-state index contributed by atoms with van der Waals surface area (Å²) < 4.78 is 0. The number of urea groups is 1. The number of halogens is 1. The molecule has 2 rings (SSSR count). The van der Waals surface area contributed by atoms with Crippen LogP contribution in [-0.2, 0) is 6.54 Å². The molecule has 1 aromatic heterocycles. The van der Waals surface area contributed by atoms with Gasteiger partial charge in [0.15, 0.2) is 0 Å². The van der Waals surface area contributed by atoms with E-state index in [0.717, 1.165) is 5.56 Å². The van der Waals surface area contributed by atoms with Crippen LogP contribution in [0.4, 0.5) is 10.5 Å². The van der Waals surface area contributed by atoms with Gasteiger partial charge < -0.3 is 15.7 Å². The fraction of sp³-hybridized carbons (Fsp3) is 0.0714. The Hall–Kier alpha value is -2.60. The summed E-state index contributed by atoms with van der Waals surface area (Å²) in [5.41, 5.74) is 1.16. The largest absolute Gasteiger partial charge is 0.478 e. The Morgan fingerprint density at radius 3 is 2.76 bits per heavy atom. The van der Waals surface area contributed by atoms with E-state index in [1.54, 1.807) is 18.2 Å². The highest BCUT2D eigenvalue weighted by Gasteiger charge is 2.06. The molecule has 0 saturated carbocycles. The van der Waals surface area contributed by atoms with Gasteiger partial charge in [-0.3, -0.25) is 4.98 Å². The van der Waals surface area contributed by atoms with Crippen LogP contribution in [0.25, 0.3) is 0 Å². The topological polar surface area (TPSA) is 91.3 Å². The van der Waals surface area contributed by atoms with E-state index in [4.69, 9.17) is 16.7 Å². The maximum absolute atomic E-state index is 11.7. The van der Waals surface area contributed by atoms with E-state index in [2.05, 4.69) is 15.6 Å². The first-order valence-corrected chi connectivity index (χ1v) is 6.40. The molecule has 0 spiro atoms. The van der Waals surface area contributed by atoms with Crippen LogP contribution in [-0.4, -0.2) is 22.1 Å². The minimum atomic E-state index is -1.11. The molecule has 21 heavy (non-hydrogen) atoms. The lowest BCUT2D eigenvalue weighted by Gasteiger charge is -2.08. The molecule has 3 N–H and O–H groups in total. The highest BCUT2D eigenvalue weighted by molar-refractivity contribution is 6.30. The molecule has 0 aliphatic rings. The molecule has 0 aliphatic carbocycles. The third kappa shape index (κ3) is 4.47. The molecule has 6 nitrogen and oxygen atoms in total. The fourth-order valence-electron chi connectivity index (χ4n) is 1.63. The zero-order chi connectivity index (χ0) is 15.2. The maximum atomic E-state index is 11.7. The molecular formula is C14H12ClN3O3. The Balaban J connectivity index is 1.93. The van der Waals surface area contributed by atoms with Crippen molar-refractivity contribution >= 4 is 29.3 Å². The van der Waals surface area contributed by atoms with Crippen molar-refractivity contribution in [3.05, 3.63) is 58.9 Å². The number of aromatic carboxylic acids is 1. The van der Waals surface area contributed by atoms with Gasteiger partial charge in [-0.25, -0.2) is 9.59 Å². The van der Waals surface area contributed by atoms with E-state index in [0.29, 0.717) is 17.3 Å². The number of carbonyl (C=O) groups is 2. The van der Waals surface area contributed by atoms with E-state index >= 15 is 0 Å². The van der Waals surface area contributed by atoms with Gasteiger partial charge in [-0.05, 0) is 23.8 Å². The van der Waals surface area contributed by atoms with Crippen LogP contribution in [0.1, 0.15) is 15.9 Å². The van der Waals surface area contributed by atoms with Crippen molar-refractivity contribution in [2.75, 3.05) is 5.32 Å². The summed E-state index contributed by atoms with van der Waals surface area (Å²) >= 11 is 5.84. The number of hydrogen-bond acceptors (Lipinski definition) is 3. The molecule has 0 unspecified atom stereocenters. The quantitative estimate of drug-likeness (QED) is 0.810. The Kier molecular flexibility index (Phi) is 4.73. The number of nitrogens with one attached hydrogen (secondary N) is 2. The lowest BCUT2D eigenvalue weighted by atomic mass is 10.2. The summed E-state index contributed by atoms with van der Waals surface area (Å²) in [5, 5.41) is 14.6. The minimum absolute atomic E-state index is 0.00245. The van der Waals surface area contributed by atoms with Gasteiger partial charge in [-0.15, -0.1) is 0 Å². The molecule has 2 aromatic rings. The molecule has 0 fully saturated rings. The molecule has 0 aliphatic heterocycles. The summed E-state index contributed by atoms with van der Waals surface area (Å²) in [6.45, 7) is 0.304. The Labute approximate surface area is 125 Å². The van der Waals surface area contributed by atoms with Crippen molar-refractivity contribution in [1.29, 1.82) is 0 Å². The van der Waals surface area contributed by atoms with Gasteiger partial charge in [-0.2, -0.15) is 0 Å². The minimum Gasteiger partial charge on any atom is -0.478 e. The van der Waals surface area contributed by atoms with E-state index in [-0.39, 0.29) is 5.56 Å². The second kappa shape index (κ2) is 6.71. The highest BCUT2D eigenvalue weighted by Crippen LogP contribution is 2.11. The Morgan fingerprint density at radius 1 is 1.24 bits per heavy atom. The SMILES string of the molecule is O=C(NCc1cccc(Cl)c1)Nc1cncc(C(=O)O)c1. The van der Waals surface area contributed by atoms with Crippen molar-refractivity contribution in [2.45, 2.75) is 6.54 Å². The molecule has 2 amide bonds. The predicted octanol–water partition coefficient (Wildman–Crippen LogP) is 2.75. The average Bonchev–Trinajstić information content (AvgIpc) is 2.45. The van der Waals surface area contributed by atoms with Gasteiger partial charge in [0.05, 0.1) is 17.4 Å². The molecule has 0 radical (unpaired) electrons. The molecule has 7 heteroatoms. The monoisotopic (exact) mass is 305 g/mol. The maximum Gasteiger partial charge on any atom is 0.337 e. The summed E-state index contributed by atoms with van der Waals surface area (Å²) in [7, 11) is 0. The molecule has 0 atom stereocenters. The first kappa shape index (κ1) is 14.8. The molecule has 0 bridgehead atoms. The number of pyridine rings is 1. The number of rotatable bonds is 4. The molecule has 1 heterocycles. The molecule has 0 saturated heterocycles. The molecule has 1 aromatic carbocycles. The van der Waals surface area contributed by atoms with E-state index in [1.165, 1.54) is 18.5 Å². The number of anilines is 1. The van der Waals surface area contributed by atoms with Gasteiger partial charge in [0.1, 0.15) is 0 Å². The number of hydrogen-bond donors (Lipinski definition) is 3. The normalized spacial score (nSPS) is 9.95. The lowest BCUT2D eigenvalue weighted by molar-refractivity contribution is 0.0696. The van der Waals surface area contributed by atoms with Gasteiger partial charge >= 0.3 is 12.0 Å². The molecule has 108 valence electrons. The van der Waals surface area contributed by atoms with Gasteiger partial charge in [0.25, 0.3) is 0 Å². The fourth-order valence-corrected chi connectivity index (χ4v) is 1.84. The van der Waals surface area contributed by atoms with Gasteiger partial charge in [0.2, 0.25) is 0 Å². The van der Waals surface area contributed by atoms with Crippen molar-refractivity contribution in [3.63, 3.8) is 0 Å². The second-order valence-corrected chi connectivity index (χ2v) is 4.64. The van der Waals surface area contributed by atoms with Crippen molar-refractivity contribution in [1.82, 2.24) is 10.3 Å². The first-order chi connectivity index (χ1) is 10.0. The smallest absolute Gasteiger partial charge is 0.337 e. The standard InChI is InChI=1S/C14H12ClN3O3/c15-11-3-1-2-9(4-11)6-17-14(21)18-12-5-10(13(19)20)7-16-8-12/h1-5,7-8H,6H2,(H,19,20)(H2,17,18,21). The zero-order valence-electron chi connectivity index (χ0n) is 10.8. The van der Waals surface area contributed by atoms with Crippen LogP contribution >= 0.6 is 11.6 Å². The second-order valence-electron chi connectivity index (χ2n) is 4.21. The summed E-state index contributed by atoms with van der Waals surface area (Å²) in [5.74, 6) is -1.11.